The summed E-state index contributed by atoms with van der Waals surface area (Å²) in [5.74, 6) is 1.63. The smallest absolute Gasteiger partial charge is 0.137 e. The van der Waals surface area contributed by atoms with Gasteiger partial charge in [-0.1, -0.05) is 49.8 Å². The zero-order valence-electron chi connectivity index (χ0n) is 9.84. The molecule has 0 unspecified atom stereocenters. The second kappa shape index (κ2) is 5.58. The molecule has 1 saturated carbocycles. The van der Waals surface area contributed by atoms with Crippen molar-refractivity contribution >= 4 is 11.6 Å². The van der Waals surface area contributed by atoms with Crippen molar-refractivity contribution in [1.29, 1.82) is 0 Å². The van der Waals surface area contributed by atoms with Crippen LogP contribution in [0.2, 0.25) is 5.02 Å². The van der Waals surface area contributed by atoms with Crippen molar-refractivity contribution in [3.8, 4) is 5.75 Å². The number of ether oxygens (including phenoxy) is 1. The fourth-order valence-electron chi connectivity index (χ4n) is 2.56. The fraction of sp³-hybridized carbons (Fsp3) is 0.571. The SMILES string of the molecule is COc1ccc(CC2CCCCC2)cc1Cl. The van der Waals surface area contributed by atoms with Crippen molar-refractivity contribution in [3.05, 3.63) is 28.8 Å². The van der Waals surface area contributed by atoms with E-state index >= 15 is 0 Å². The molecule has 2 heteroatoms. The van der Waals surface area contributed by atoms with Gasteiger partial charge in [-0.2, -0.15) is 0 Å². The van der Waals surface area contributed by atoms with E-state index in [9.17, 15) is 0 Å². The lowest BCUT2D eigenvalue weighted by molar-refractivity contribution is 0.356. The van der Waals surface area contributed by atoms with Crippen LogP contribution in [0.1, 0.15) is 37.7 Å². The maximum atomic E-state index is 6.12. The highest BCUT2D eigenvalue weighted by Gasteiger charge is 2.14. The number of rotatable bonds is 3. The second-order valence-corrected chi connectivity index (χ2v) is 5.08. The maximum absolute atomic E-state index is 6.12. The van der Waals surface area contributed by atoms with Gasteiger partial charge in [0.2, 0.25) is 0 Å². The Labute approximate surface area is 103 Å². The summed E-state index contributed by atoms with van der Waals surface area (Å²) in [4.78, 5) is 0. The Bertz CT molecular complexity index is 343. The molecule has 0 amide bonds. The summed E-state index contributed by atoms with van der Waals surface area (Å²) < 4.78 is 5.16. The highest BCUT2D eigenvalue weighted by atomic mass is 35.5. The van der Waals surface area contributed by atoms with Crippen LogP contribution in [0.3, 0.4) is 0 Å². The zero-order chi connectivity index (χ0) is 11.4. The van der Waals surface area contributed by atoms with Crippen LogP contribution in [-0.2, 0) is 6.42 Å². The van der Waals surface area contributed by atoms with E-state index in [-0.39, 0.29) is 0 Å². The van der Waals surface area contributed by atoms with E-state index in [1.54, 1.807) is 7.11 Å². The summed E-state index contributed by atoms with van der Waals surface area (Å²) in [5, 5.41) is 0.732. The first-order valence-electron chi connectivity index (χ1n) is 6.12. The monoisotopic (exact) mass is 238 g/mol. The third-order valence-corrected chi connectivity index (χ3v) is 3.76. The molecule has 0 spiro atoms. The molecule has 0 bridgehead atoms. The molecule has 2 rings (SSSR count). The van der Waals surface area contributed by atoms with Crippen molar-refractivity contribution in [2.45, 2.75) is 38.5 Å². The predicted molar refractivity (Wildman–Crippen MR) is 68.3 cm³/mol. The van der Waals surface area contributed by atoms with Gasteiger partial charge in [0.1, 0.15) is 5.75 Å². The van der Waals surface area contributed by atoms with Gasteiger partial charge in [-0.25, -0.2) is 0 Å². The van der Waals surface area contributed by atoms with Gasteiger partial charge in [-0.05, 0) is 30.0 Å². The van der Waals surface area contributed by atoms with Crippen LogP contribution < -0.4 is 4.74 Å². The first kappa shape index (κ1) is 11.8. The molecule has 0 aromatic heterocycles. The van der Waals surface area contributed by atoms with Crippen molar-refractivity contribution in [2.75, 3.05) is 7.11 Å². The van der Waals surface area contributed by atoms with Crippen molar-refractivity contribution in [2.24, 2.45) is 5.92 Å². The lowest BCUT2D eigenvalue weighted by atomic mass is 9.85. The second-order valence-electron chi connectivity index (χ2n) is 4.68. The van der Waals surface area contributed by atoms with E-state index in [0.29, 0.717) is 0 Å². The van der Waals surface area contributed by atoms with E-state index in [2.05, 4.69) is 12.1 Å². The summed E-state index contributed by atoms with van der Waals surface area (Å²) in [7, 11) is 1.65. The van der Waals surface area contributed by atoms with Gasteiger partial charge in [0.25, 0.3) is 0 Å². The van der Waals surface area contributed by atoms with Crippen molar-refractivity contribution in [3.63, 3.8) is 0 Å². The summed E-state index contributed by atoms with van der Waals surface area (Å²) >= 11 is 6.12. The minimum atomic E-state index is 0.732. The van der Waals surface area contributed by atoms with E-state index < -0.39 is 0 Å². The number of hydrogen-bond acceptors (Lipinski definition) is 1. The normalized spacial score (nSPS) is 17.4. The molecule has 1 aromatic rings. The first-order valence-corrected chi connectivity index (χ1v) is 6.50. The molecule has 88 valence electrons. The van der Waals surface area contributed by atoms with Crippen molar-refractivity contribution in [1.82, 2.24) is 0 Å². The Kier molecular flexibility index (Phi) is 4.11. The molecule has 0 heterocycles. The number of benzene rings is 1. The van der Waals surface area contributed by atoms with Gasteiger partial charge in [0.15, 0.2) is 0 Å². The number of hydrogen-bond donors (Lipinski definition) is 0. The van der Waals surface area contributed by atoms with Crippen LogP contribution in [0.4, 0.5) is 0 Å². The van der Waals surface area contributed by atoms with Crippen molar-refractivity contribution < 1.29 is 4.74 Å². The average molecular weight is 239 g/mol. The first-order chi connectivity index (χ1) is 7.79. The molecule has 0 radical (unpaired) electrons. The lowest BCUT2D eigenvalue weighted by Crippen LogP contribution is -2.09. The third kappa shape index (κ3) is 2.91. The molecule has 1 aliphatic rings. The van der Waals surface area contributed by atoms with Crippen LogP contribution in [0, 0.1) is 5.92 Å². The number of methoxy groups -OCH3 is 1. The Hall–Kier alpha value is -0.690. The molecule has 0 aliphatic heterocycles. The van der Waals surface area contributed by atoms with Gasteiger partial charge in [0, 0.05) is 0 Å². The van der Waals surface area contributed by atoms with E-state index in [4.69, 9.17) is 16.3 Å². The number of halogens is 1. The Morgan fingerprint density at radius 2 is 2.00 bits per heavy atom. The average Bonchev–Trinajstić information content (AvgIpc) is 2.31. The zero-order valence-corrected chi connectivity index (χ0v) is 10.6. The molecular weight excluding hydrogens is 220 g/mol. The topological polar surface area (TPSA) is 9.23 Å². The fourth-order valence-corrected chi connectivity index (χ4v) is 2.84. The minimum Gasteiger partial charge on any atom is -0.495 e. The quantitative estimate of drug-likeness (QED) is 0.755. The van der Waals surface area contributed by atoms with Gasteiger partial charge in [-0.15, -0.1) is 0 Å². The summed E-state index contributed by atoms with van der Waals surface area (Å²) in [5.41, 5.74) is 1.35. The van der Waals surface area contributed by atoms with Gasteiger partial charge in [-0.3, -0.25) is 0 Å². The Morgan fingerprint density at radius 1 is 1.25 bits per heavy atom. The molecule has 0 atom stereocenters. The van der Waals surface area contributed by atoms with Crippen LogP contribution >= 0.6 is 11.6 Å². The van der Waals surface area contributed by atoms with Crippen LogP contribution in [0.5, 0.6) is 5.75 Å². The molecule has 1 fully saturated rings. The summed E-state index contributed by atoms with van der Waals surface area (Å²) in [6, 6.07) is 6.16. The minimum absolute atomic E-state index is 0.732. The molecule has 1 nitrogen and oxygen atoms in total. The molecule has 0 N–H and O–H groups in total. The largest absolute Gasteiger partial charge is 0.495 e. The molecule has 0 saturated heterocycles. The van der Waals surface area contributed by atoms with E-state index in [1.807, 2.05) is 6.07 Å². The van der Waals surface area contributed by atoms with Crippen LogP contribution in [-0.4, -0.2) is 7.11 Å². The van der Waals surface area contributed by atoms with Gasteiger partial charge < -0.3 is 4.74 Å². The molecule has 1 aliphatic carbocycles. The lowest BCUT2D eigenvalue weighted by Gasteiger charge is -2.21. The maximum Gasteiger partial charge on any atom is 0.137 e. The molecular formula is C14H19ClO. The van der Waals surface area contributed by atoms with Gasteiger partial charge in [0.05, 0.1) is 12.1 Å². The standard InChI is InChI=1S/C14H19ClO/c1-16-14-8-7-12(10-13(14)15)9-11-5-3-2-4-6-11/h7-8,10-11H,2-6,9H2,1H3. The Morgan fingerprint density at radius 3 is 2.62 bits per heavy atom. The van der Waals surface area contributed by atoms with E-state index in [0.717, 1.165) is 16.7 Å². The Balaban J connectivity index is 2.01. The van der Waals surface area contributed by atoms with E-state index in [1.165, 1.54) is 44.1 Å². The van der Waals surface area contributed by atoms with Crippen LogP contribution in [0.15, 0.2) is 18.2 Å². The van der Waals surface area contributed by atoms with Crippen LogP contribution in [0.25, 0.3) is 0 Å². The predicted octanol–water partition coefficient (Wildman–Crippen LogP) is 4.47. The highest BCUT2D eigenvalue weighted by Crippen LogP contribution is 2.30. The summed E-state index contributed by atoms with van der Waals surface area (Å²) in [6.45, 7) is 0. The molecule has 1 aromatic carbocycles. The third-order valence-electron chi connectivity index (χ3n) is 3.47. The van der Waals surface area contributed by atoms with Gasteiger partial charge >= 0.3 is 0 Å². The molecule has 16 heavy (non-hydrogen) atoms. The summed E-state index contributed by atoms with van der Waals surface area (Å²) in [6.07, 6.45) is 8.14. The highest BCUT2D eigenvalue weighted by molar-refractivity contribution is 6.32.